The minimum absolute atomic E-state index is 0.0944. The molecule has 0 saturated carbocycles. The fourth-order valence-electron chi connectivity index (χ4n) is 0.909. The van der Waals surface area contributed by atoms with Crippen molar-refractivity contribution in [3.05, 3.63) is 11.8 Å². The molecule has 0 aromatic rings. The van der Waals surface area contributed by atoms with Crippen molar-refractivity contribution in [3.8, 4) is 0 Å². The van der Waals surface area contributed by atoms with Crippen LogP contribution in [0, 0.1) is 0 Å². The number of carbonyl (C=O) groups is 2. The Hall–Kier alpha value is -1.65. The molecule has 0 unspecified atom stereocenters. The molecule has 1 heterocycles. The number of carboxylic acid groups (broad SMARTS) is 1. The van der Waals surface area contributed by atoms with E-state index in [0.29, 0.717) is 0 Å². The summed E-state index contributed by atoms with van der Waals surface area (Å²) >= 11 is 0. The molecule has 0 aliphatic carbocycles. The van der Waals surface area contributed by atoms with Crippen LogP contribution in [0.5, 0.6) is 0 Å². The van der Waals surface area contributed by atoms with Crippen LogP contribution >= 0.6 is 0 Å². The fraction of sp³-hybridized carbons (Fsp3) is 0.375. The van der Waals surface area contributed by atoms with Crippen molar-refractivity contribution in [1.82, 2.24) is 0 Å². The van der Waals surface area contributed by atoms with E-state index in [2.05, 4.69) is 9.73 Å². The summed E-state index contributed by atoms with van der Waals surface area (Å²) in [6.45, 7) is 1.94. The van der Waals surface area contributed by atoms with E-state index in [9.17, 15) is 9.59 Å². The second-order valence-corrected chi connectivity index (χ2v) is 2.38. The standard InChI is InChI=1S/C8H9NO4/c1-2-13-8(12)6-4-3-5(9-6)7(10)11/h3H,2,4H2,1H3,(H,10,11). The summed E-state index contributed by atoms with van der Waals surface area (Å²) < 4.78 is 4.66. The minimum atomic E-state index is -1.13. The van der Waals surface area contributed by atoms with Gasteiger partial charge in [-0.15, -0.1) is 0 Å². The number of carboxylic acids is 1. The molecule has 0 spiro atoms. The first-order valence-corrected chi connectivity index (χ1v) is 3.83. The Labute approximate surface area is 74.7 Å². The Bertz CT molecular complexity index is 303. The fourth-order valence-corrected chi connectivity index (χ4v) is 0.909. The number of nitrogens with zero attached hydrogens (tertiary/aromatic N) is 1. The monoisotopic (exact) mass is 183 g/mol. The van der Waals surface area contributed by atoms with E-state index >= 15 is 0 Å². The van der Waals surface area contributed by atoms with Gasteiger partial charge in [-0.1, -0.05) is 0 Å². The summed E-state index contributed by atoms with van der Waals surface area (Å²) in [4.78, 5) is 25.0. The number of rotatable bonds is 3. The third-order valence-corrected chi connectivity index (χ3v) is 1.47. The van der Waals surface area contributed by atoms with Gasteiger partial charge in [0.15, 0.2) is 0 Å². The average molecular weight is 183 g/mol. The summed E-state index contributed by atoms with van der Waals surface area (Å²) in [7, 11) is 0. The molecule has 1 N–H and O–H groups in total. The molecule has 0 aromatic carbocycles. The quantitative estimate of drug-likeness (QED) is 0.641. The van der Waals surface area contributed by atoms with E-state index in [1.165, 1.54) is 6.08 Å². The van der Waals surface area contributed by atoms with E-state index in [4.69, 9.17) is 5.11 Å². The molecule has 1 aliphatic rings. The van der Waals surface area contributed by atoms with Crippen LogP contribution in [0.4, 0.5) is 0 Å². The van der Waals surface area contributed by atoms with E-state index in [-0.39, 0.29) is 24.4 Å². The number of aliphatic carboxylic acids is 1. The minimum Gasteiger partial charge on any atom is -0.477 e. The molecular formula is C8H9NO4. The Morgan fingerprint density at radius 3 is 2.85 bits per heavy atom. The first-order valence-electron chi connectivity index (χ1n) is 3.83. The predicted molar refractivity (Wildman–Crippen MR) is 44.4 cm³/mol. The number of hydrogen-bond acceptors (Lipinski definition) is 4. The van der Waals surface area contributed by atoms with Crippen molar-refractivity contribution in [1.29, 1.82) is 0 Å². The lowest BCUT2D eigenvalue weighted by molar-refractivity contribution is -0.135. The van der Waals surface area contributed by atoms with Gasteiger partial charge in [0.25, 0.3) is 0 Å². The second kappa shape index (κ2) is 3.84. The summed E-state index contributed by atoms with van der Waals surface area (Å²) in [5.41, 5.74) is 0.0577. The number of esters is 1. The highest BCUT2D eigenvalue weighted by Gasteiger charge is 2.20. The van der Waals surface area contributed by atoms with Gasteiger partial charge in [0.05, 0.1) is 6.61 Å². The van der Waals surface area contributed by atoms with Crippen LogP contribution in [-0.2, 0) is 14.3 Å². The SMILES string of the molecule is CCOC(=O)C1=NC(C(=O)O)=CC1. The molecule has 5 nitrogen and oxygen atoms in total. The number of hydrogen-bond donors (Lipinski definition) is 1. The molecule has 1 rings (SSSR count). The van der Waals surface area contributed by atoms with Gasteiger partial charge in [0, 0.05) is 6.42 Å². The molecule has 13 heavy (non-hydrogen) atoms. The van der Waals surface area contributed by atoms with Crippen LogP contribution in [0.2, 0.25) is 0 Å². The molecule has 0 atom stereocenters. The normalized spacial score (nSPS) is 14.8. The highest BCUT2D eigenvalue weighted by atomic mass is 16.5. The second-order valence-electron chi connectivity index (χ2n) is 2.38. The van der Waals surface area contributed by atoms with E-state index in [0.717, 1.165) is 0 Å². The van der Waals surface area contributed by atoms with Gasteiger partial charge in [-0.05, 0) is 13.0 Å². The molecular weight excluding hydrogens is 174 g/mol. The zero-order chi connectivity index (χ0) is 9.84. The molecule has 0 bridgehead atoms. The number of allylic oxidation sites excluding steroid dienone is 1. The zero-order valence-electron chi connectivity index (χ0n) is 7.11. The maximum Gasteiger partial charge on any atom is 0.354 e. The lowest BCUT2D eigenvalue weighted by atomic mass is 10.3. The third-order valence-electron chi connectivity index (χ3n) is 1.47. The highest BCUT2D eigenvalue weighted by molar-refractivity contribution is 6.38. The lowest BCUT2D eigenvalue weighted by Crippen LogP contribution is -2.15. The smallest absolute Gasteiger partial charge is 0.354 e. The van der Waals surface area contributed by atoms with Gasteiger partial charge in [-0.2, -0.15) is 0 Å². The zero-order valence-corrected chi connectivity index (χ0v) is 7.11. The van der Waals surface area contributed by atoms with E-state index in [1.807, 2.05) is 0 Å². The molecule has 70 valence electrons. The van der Waals surface area contributed by atoms with E-state index in [1.54, 1.807) is 6.92 Å². The summed E-state index contributed by atoms with van der Waals surface area (Å²) in [5.74, 6) is -1.67. The van der Waals surface area contributed by atoms with Crippen molar-refractivity contribution in [2.45, 2.75) is 13.3 Å². The topological polar surface area (TPSA) is 76.0 Å². The van der Waals surface area contributed by atoms with Crippen LogP contribution in [-0.4, -0.2) is 29.4 Å². The summed E-state index contributed by atoms with van der Waals surface area (Å²) in [6, 6.07) is 0. The Morgan fingerprint density at radius 2 is 2.38 bits per heavy atom. The van der Waals surface area contributed by atoms with Gasteiger partial charge in [0.1, 0.15) is 11.4 Å². The Balaban J connectivity index is 2.64. The van der Waals surface area contributed by atoms with Crippen molar-refractivity contribution >= 4 is 17.7 Å². The van der Waals surface area contributed by atoms with Crippen LogP contribution in [0.25, 0.3) is 0 Å². The van der Waals surface area contributed by atoms with Gasteiger partial charge in [0.2, 0.25) is 0 Å². The largest absolute Gasteiger partial charge is 0.477 e. The van der Waals surface area contributed by atoms with Crippen molar-refractivity contribution in [2.24, 2.45) is 4.99 Å². The third kappa shape index (κ3) is 2.14. The number of carbonyl (C=O) groups excluding carboxylic acids is 1. The predicted octanol–water partition coefficient (Wildman–Crippen LogP) is 0.363. The van der Waals surface area contributed by atoms with Crippen LogP contribution in [0.1, 0.15) is 13.3 Å². The molecule has 5 heteroatoms. The van der Waals surface area contributed by atoms with Gasteiger partial charge in [-0.3, -0.25) is 0 Å². The van der Waals surface area contributed by atoms with Crippen molar-refractivity contribution in [2.75, 3.05) is 6.61 Å². The molecule has 0 aromatic heterocycles. The lowest BCUT2D eigenvalue weighted by Gasteiger charge is -1.98. The molecule has 0 amide bonds. The van der Waals surface area contributed by atoms with Crippen LogP contribution in [0.15, 0.2) is 16.8 Å². The van der Waals surface area contributed by atoms with Crippen LogP contribution < -0.4 is 0 Å². The van der Waals surface area contributed by atoms with E-state index < -0.39 is 11.9 Å². The van der Waals surface area contributed by atoms with Gasteiger partial charge < -0.3 is 9.84 Å². The Morgan fingerprint density at radius 1 is 1.69 bits per heavy atom. The molecule has 0 saturated heterocycles. The van der Waals surface area contributed by atoms with Crippen molar-refractivity contribution in [3.63, 3.8) is 0 Å². The molecule has 0 radical (unpaired) electrons. The van der Waals surface area contributed by atoms with Crippen molar-refractivity contribution < 1.29 is 19.4 Å². The number of ether oxygens (including phenoxy) is 1. The summed E-state index contributed by atoms with van der Waals surface area (Å²) in [6.07, 6.45) is 1.62. The molecule has 1 aliphatic heterocycles. The maximum atomic E-state index is 11.0. The highest BCUT2D eigenvalue weighted by Crippen LogP contribution is 2.11. The molecule has 0 fully saturated rings. The summed E-state index contributed by atoms with van der Waals surface area (Å²) in [5, 5.41) is 8.52. The van der Waals surface area contributed by atoms with Crippen LogP contribution in [0.3, 0.4) is 0 Å². The maximum absolute atomic E-state index is 11.0. The van der Waals surface area contributed by atoms with Gasteiger partial charge >= 0.3 is 11.9 Å². The Kier molecular flexibility index (Phi) is 2.79. The average Bonchev–Trinajstić information content (AvgIpc) is 2.52. The first kappa shape index (κ1) is 9.44. The van der Waals surface area contributed by atoms with Gasteiger partial charge in [-0.25, -0.2) is 14.6 Å². The number of aliphatic imine (C=N–C) groups is 1. The first-order chi connectivity index (χ1) is 6.15.